The van der Waals surface area contributed by atoms with Gasteiger partial charge in [0.2, 0.25) is 10.0 Å². The van der Waals surface area contributed by atoms with Crippen molar-refractivity contribution in [2.24, 2.45) is 5.92 Å². The Morgan fingerprint density at radius 2 is 1.95 bits per heavy atom. The smallest absolute Gasteiger partial charge is 0.214 e. The molecule has 114 valence electrons. The normalized spacial score (nSPS) is 28.8. The third-order valence-electron chi connectivity index (χ3n) is 3.66. The van der Waals surface area contributed by atoms with Gasteiger partial charge in [0, 0.05) is 11.4 Å². The van der Waals surface area contributed by atoms with Gasteiger partial charge in [0.15, 0.2) is 0 Å². The maximum Gasteiger partial charge on any atom is 0.214 e. The van der Waals surface area contributed by atoms with Crippen LogP contribution < -0.4 is 4.72 Å². The fraction of sp³-hybridized carbons (Fsp3) is 1.00. The molecule has 0 aromatic heterocycles. The monoisotopic (exact) mass is 311 g/mol. The first-order valence-corrected chi connectivity index (χ1v) is 9.16. The molecule has 1 rings (SSSR count). The number of sulfonamides is 1. The summed E-state index contributed by atoms with van der Waals surface area (Å²) in [6.07, 6.45) is 3.74. The van der Waals surface area contributed by atoms with Crippen molar-refractivity contribution in [1.82, 2.24) is 4.72 Å². The SMILES string of the molecule is CC1CCC(CCl)(NS(=O)(=O)CCOC(C)C)CC1. The predicted molar refractivity (Wildman–Crippen MR) is 79.1 cm³/mol. The summed E-state index contributed by atoms with van der Waals surface area (Å²) in [5.41, 5.74) is -0.454. The van der Waals surface area contributed by atoms with Gasteiger partial charge >= 0.3 is 0 Å². The standard InChI is InChI=1S/C13H26ClNO3S/c1-11(2)18-8-9-19(16,17)15-13(10-14)6-4-12(3)5-7-13/h11-12,15H,4-10H2,1-3H3. The second-order valence-corrected chi connectivity index (χ2v) is 8.05. The zero-order valence-corrected chi connectivity index (χ0v) is 13.7. The Kier molecular flexibility index (Phi) is 6.57. The molecular weight excluding hydrogens is 286 g/mol. The number of hydrogen-bond donors (Lipinski definition) is 1. The minimum atomic E-state index is -3.32. The van der Waals surface area contributed by atoms with Crippen LogP contribution in [0.5, 0.6) is 0 Å². The lowest BCUT2D eigenvalue weighted by Crippen LogP contribution is -2.52. The predicted octanol–water partition coefficient (Wildman–Crippen LogP) is 2.52. The van der Waals surface area contributed by atoms with Crippen LogP contribution in [-0.4, -0.2) is 38.3 Å². The van der Waals surface area contributed by atoms with Crippen LogP contribution in [-0.2, 0) is 14.8 Å². The number of alkyl halides is 1. The first-order valence-electron chi connectivity index (χ1n) is 6.98. The van der Waals surface area contributed by atoms with Crippen LogP contribution in [0.25, 0.3) is 0 Å². The molecule has 0 saturated heterocycles. The Labute approximate surface area is 122 Å². The molecule has 19 heavy (non-hydrogen) atoms. The Balaban J connectivity index is 2.54. The second-order valence-electron chi connectivity index (χ2n) is 5.94. The van der Waals surface area contributed by atoms with Gasteiger partial charge in [-0.15, -0.1) is 11.6 Å². The number of rotatable bonds is 7. The molecule has 1 saturated carbocycles. The fourth-order valence-electron chi connectivity index (χ4n) is 2.35. The summed E-state index contributed by atoms with van der Waals surface area (Å²) in [5.74, 6) is 0.994. The lowest BCUT2D eigenvalue weighted by molar-refractivity contribution is 0.0909. The minimum absolute atomic E-state index is 0.000623. The highest BCUT2D eigenvalue weighted by molar-refractivity contribution is 7.89. The van der Waals surface area contributed by atoms with Crippen LogP contribution in [0.2, 0.25) is 0 Å². The van der Waals surface area contributed by atoms with Gasteiger partial charge in [0.05, 0.1) is 18.5 Å². The molecule has 0 aromatic carbocycles. The summed E-state index contributed by atoms with van der Waals surface area (Å²) in [4.78, 5) is 0. The zero-order valence-electron chi connectivity index (χ0n) is 12.1. The third kappa shape index (κ3) is 5.98. The van der Waals surface area contributed by atoms with Crippen LogP contribution in [0.15, 0.2) is 0 Å². The average molecular weight is 312 g/mol. The van der Waals surface area contributed by atoms with E-state index in [1.807, 2.05) is 13.8 Å². The molecule has 0 radical (unpaired) electrons. The molecule has 1 aliphatic carbocycles. The molecule has 0 amide bonds. The van der Waals surface area contributed by atoms with Crippen molar-refractivity contribution in [3.05, 3.63) is 0 Å². The van der Waals surface area contributed by atoms with Crippen molar-refractivity contribution in [1.29, 1.82) is 0 Å². The van der Waals surface area contributed by atoms with Crippen LogP contribution in [0, 0.1) is 5.92 Å². The van der Waals surface area contributed by atoms with E-state index in [1.165, 1.54) is 0 Å². The van der Waals surface area contributed by atoms with Crippen molar-refractivity contribution in [3.63, 3.8) is 0 Å². The molecule has 0 aromatic rings. The fourth-order valence-corrected chi connectivity index (χ4v) is 4.12. The molecule has 0 atom stereocenters. The number of halogens is 1. The summed E-state index contributed by atoms with van der Waals surface area (Å²) in [6.45, 7) is 6.20. The van der Waals surface area contributed by atoms with E-state index in [0.29, 0.717) is 11.8 Å². The van der Waals surface area contributed by atoms with Gasteiger partial charge < -0.3 is 4.74 Å². The molecule has 0 unspecified atom stereocenters. The molecular formula is C13H26ClNO3S. The van der Waals surface area contributed by atoms with E-state index < -0.39 is 15.6 Å². The largest absolute Gasteiger partial charge is 0.378 e. The average Bonchev–Trinajstić information content (AvgIpc) is 2.31. The molecule has 4 nitrogen and oxygen atoms in total. The number of ether oxygens (including phenoxy) is 1. The lowest BCUT2D eigenvalue weighted by atomic mass is 9.79. The van der Waals surface area contributed by atoms with Crippen molar-refractivity contribution < 1.29 is 13.2 Å². The van der Waals surface area contributed by atoms with Gasteiger partial charge in [-0.1, -0.05) is 6.92 Å². The van der Waals surface area contributed by atoms with Crippen molar-refractivity contribution in [2.75, 3.05) is 18.2 Å². The second kappa shape index (κ2) is 7.25. The van der Waals surface area contributed by atoms with Gasteiger partial charge in [0.25, 0.3) is 0 Å². The molecule has 0 heterocycles. The molecule has 1 N–H and O–H groups in total. The van der Waals surface area contributed by atoms with Gasteiger partial charge in [0.1, 0.15) is 0 Å². The highest BCUT2D eigenvalue weighted by Gasteiger charge is 2.36. The summed E-state index contributed by atoms with van der Waals surface area (Å²) in [6, 6.07) is 0. The summed E-state index contributed by atoms with van der Waals surface area (Å²) < 4.78 is 32.3. The van der Waals surface area contributed by atoms with Crippen molar-refractivity contribution >= 4 is 21.6 Å². The lowest BCUT2D eigenvalue weighted by Gasteiger charge is -2.38. The highest BCUT2D eigenvalue weighted by atomic mass is 35.5. The molecule has 0 aliphatic heterocycles. The van der Waals surface area contributed by atoms with Crippen LogP contribution >= 0.6 is 11.6 Å². The minimum Gasteiger partial charge on any atom is -0.378 e. The first-order chi connectivity index (χ1) is 8.79. The Morgan fingerprint density at radius 1 is 1.37 bits per heavy atom. The number of nitrogens with one attached hydrogen (secondary N) is 1. The Bertz CT molecular complexity index is 362. The molecule has 1 fully saturated rings. The highest BCUT2D eigenvalue weighted by Crippen LogP contribution is 2.33. The van der Waals surface area contributed by atoms with Crippen LogP contribution in [0.4, 0.5) is 0 Å². The number of hydrogen-bond acceptors (Lipinski definition) is 3. The molecule has 1 aliphatic rings. The van der Waals surface area contributed by atoms with Gasteiger partial charge in [-0.3, -0.25) is 0 Å². The van der Waals surface area contributed by atoms with E-state index >= 15 is 0 Å². The van der Waals surface area contributed by atoms with Crippen LogP contribution in [0.3, 0.4) is 0 Å². The van der Waals surface area contributed by atoms with E-state index in [2.05, 4.69) is 11.6 Å². The van der Waals surface area contributed by atoms with Crippen molar-refractivity contribution in [3.8, 4) is 0 Å². The van der Waals surface area contributed by atoms with Crippen molar-refractivity contribution in [2.45, 2.75) is 58.1 Å². The Morgan fingerprint density at radius 3 is 2.42 bits per heavy atom. The third-order valence-corrected chi connectivity index (χ3v) is 5.62. The van der Waals surface area contributed by atoms with Crippen LogP contribution in [0.1, 0.15) is 46.5 Å². The zero-order chi connectivity index (χ0) is 14.5. The summed E-state index contributed by atoms with van der Waals surface area (Å²) >= 11 is 6.02. The van der Waals surface area contributed by atoms with E-state index in [4.69, 9.17) is 16.3 Å². The van der Waals surface area contributed by atoms with E-state index in [0.717, 1.165) is 25.7 Å². The maximum atomic E-state index is 12.1. The van der Waals surface area contributed by atoms with Gasteiger partial charge in [-0.25, -0.2) is 13.1 Å². The summed E-state index contributed by atoms with van der Waals surface area (Å²) in [5, 5.41) is 0. The van der Waals surface area contributed by atoms with Gasteiger partial charge in [-0.05, 0) is 45.4 Å². The Hall–Kier alpha value is 0.160. The quantitative estimate of drug-likeness (QED) is 0.735. The molecule has 6 heteroatoms. The van der Waals surface area contributed by atoms with Gasteiger partial charge in [-0.2, -0.15) is 0 Å². The molecule has 0 spiro atoms. The van der Waals surface area contributed by atoms with E-state index in [1.54, 1.807) is 0 Å². The summed E-state index contributed by atoms with van der Waals surface area (Å²) in [7, 11) is -3.32. The van der Waals surface area contributed by atoms with E-state index in [-0.39, 0.29) is 18.5 Å². The maximum absolute atomic E-state index is 12.1. The first kappa shape index (κ1) is 17.2. The molecule has 0 bridgehead atoms. The topological polar surface area (TPSA) is 55.4 Å². The van der Waals surface area contributed by atoms with E-state index in [9.17, 15) is 8.42 Å².